The lowest BCUT2D eigenvalue weighted by Crippen LogP contribution is -2.13. The normalized spacial score (nSPS) is 11.5. The molecule has 0 amide bonds. The molecule has 0 aliphatic carbocycles. The Morgan fingerprint density at radius 2 is 1.16 bits per heavy atom. The first kappa shape index (κ1) is 42.0. The Bertz CT molecular complexity index is 2360. The van der Waals surface area contributed by atoms with Crippen LogP contribution in [0.15, 0.2) is 54.9 Å². The van der Waals surface area contributed by atoms with Crippen LogP contribution in [0.5, 0.6) is 11.5 Å². The fourth-order valence-electron chi connectivity index (χ4n) is 6.70. The van der Waals surface area contributed by atoms with Crippen LogP contribution in [0.3, 0.4) is 0 Å². The number of rotatable bonds is 20. The second kappa shape index (κ2) is 19.2. The number of carbonyl (C=O) groups is 2. The number of H-pyrrole nitrogens is 1. The van der Waals surface area contributed by atoms with Gasteiger partial charge in [0.25, 0.3) is 0 Å². The highest BCUT2D eigenvalue weighted by molar-refractivity contribution is 6.45. The van der Waals surface area contributed by atoms with Crippen molar-refractivity contribution in [1.29, 1.82) is 0 Å². The summed E-state index contributed by atoms with van der Waals surface area (Å²) in [5.74, 6) is -2.03. The van der Waals surface area contributed by atoms with Crippen LogP contribution in [0, 0.1) is 0 Å². The van der Waals surface area contributed by atoms with Crippen LogP contribution >= 0.6 is 46.4 Å². The first-order valence-electron chi connectivity index (χ1n) is 19.2. The third kappa shape index (κ3) is 9.58. The number of aromatic hydroxyl groups is 2. The number of nitrogens with zero attached hydrogens (tertiary/aromatic N) is 7. The molecule has 0 aliphatic heterocycles. The number of phenols is 2. The Morgan fingerprint density at radius 1 is 0.667 bits per heavy atom. The van der Waals surface area contributed by atoms with E-state index in [0.29, 0.717) is 22.5 Å². The molecule has 0 fully saturated rings. The molecular weight excluding hydrogens is 810 g/mol. The number of unbranched alkanes of at least 4 members (excludes halogenated alkanes) is 9. The van der Waals surface area contributed by atoms with E-state index >= 15 is 0 Å². The summed E-state index contributed by atoms with van der Waals surface area (Å²) in [6.07, 6.45) is 16.2. The molecule has 2 aromatic carbocycles. The van der Waals surface area contributed by atoms with Crippen molar-refractivity contribution in [3.05, 3.63) is 97.7 Å². The number of halogens is 4. The van der Waals surface area contributed by atoms with Gasteiger partial charge >= 0.3 is 0 Å². The molecule has 6 aromatic rings. The van der Waals surface area contributed by atoms with Gasteiger partial charge in [-0.3, -0.25) is 23.5 Å². The molecule has 0 radical (unpaired) electrons. The Kier molecular flexibility index (Phi) is 14.2. The number of phenolic OH excluding ortho intramolecular Hbond substituents is 2. The van der Waals surface area contributed by atoms with Gasteiger partial charge in [-0.2, -0.15) is 0 Å². The second-order valence-corrected chi connectivity index (χ2v) is 15.5. The number of nitrogens with one attached hydrogen (secondary N) is 1. The monoisotopic (exact) mass is 852 g/mol. The van der Waals surface area contributed by atoms with E-state index in [1.54, 1.807) is 33.9 Å². The van der Waals surface area contributed by atoms with Gasteiger partial charge in [0.15, 0.2) is 0 Å². The number of carbonyl (C=O) groups excluding carboxylic acids is 2. The third-order valence-electron chi connectivity index (χ3n) is 9.84. The maximum atomic E-state index is 14.1. The van der Waals surface area contributed by atoms with Crippen molar-refractivity contribution >= 4 is 58.0 Å². The summed E-state index contributed by atoms with van der Waals surface area (Å²) in [6.45, 7) is 5.82. The van der Waals surface area contributed by atoms with Crippen molar-refractivity contribution in [2.75, 3.05) is 0 Å². The fourth-order valence-corrected chi connectivity index (χ4v) is 7.53. The molecule has 0 bridgehead atoms. The molecule has 0 saturated carbocycles. The van der Waals surface area contributed by atoms with Crippen LogP contribution in [0.1, 0.15) is 117 Å². The number of aryl methyl sites for hydroxylation is 2. The van der Waals surface area contributed by atoms with Gasteiger partial charge in [0.2, 0.25) is 11.6 Å². The predicted molar refractivity (Wildman–Crippen MR) is 223 cm³/mol. The van der Waals surface area contributed by atoms with Crippen LogP contribution in [0.2, 0.25) is 20.4 Å². The fraction of sp³-hybridized carbons (Fsp3) is 0.366. The van der Waals surface area contributed by atoms with E-state index in [2.05, 4.69) is 39.5 Å². The maximum absolute atomic E-state index is 14.1. The van der Waals surface area contributed by atoms with Gasteiger partial charge in [0.05, 0.1) is 39.9 Å². The summed E-state index contributed by atoms with van der Waals surface area (Å²) in [7, 11) is 0. The van der Waals surface area contributed by atoms with E-state index in [9.17, 15) is 19.8 Å². The average Bonchev–Trinajstić information content (AvgIpc) is 4.00. The lowest BCUT2D eigenvalue weighted by atomic mass is 10.0. The van der Waals surface area contributed by atoms with E-state index in [1.165, 1.54) is 79.8 Å². The van der Waals surface area contributed by atoms with E-state index in [0.717, 1.165) is 38.8 Å². The van der Waals surface area contributed by atoms with Gasteiger partial charge < -0.3 is 15.2 Å². The molecule has 0 spiro atoms. The van der Waals surface area contributed by atoms with Gasteiger partial charge in [-0.15, -0.1) is 10.2 Å². The number of benzene rings is 2. The third-order valence-corrected chi connectivity index (χ3v) is 11.3. The summed E-state index contributed by atoms with van der Waals surface area (Å²) in [6, 6.07) is 10.4. The van der Waals surface area contributed by atoms with Crippen LogP contribution < -0.4 is 0 Å². The van der Waals surface area contributed by atoms with Crippen LogP contribution in [0.25, 0.3) is 28.2 Å². The molecule has 3 N–H and O–H groups in total. The highest BCUT2D eigenvalue weighted by atomic mass is 35.5. The highest BCUT2D eigenvalue weighted by Gasteiger charge is 2.31. The first-order chi connectivity index (χ1) is 27.5. The number of aromatic nitrogens is 8. The van der Waals surface area contributed by atoms with Crippen LogP contribution in [-0.4, -0.2) is 61.3 Å². The summed E-state index contributed by atoms with van der Waals surface area (Å²) in [4.78, 5) is 31.0. The topological polar surface area (TPSA) is 157 Å². The molecule has 0 atom stereocenters. The van der Waals surface area contributed by atoms with Crippen molar-refractivity contribution in [2.24, 2.45) is 0 Å². The summed E-state index contributed by atoms with van der Waals surface area (Å²) < 4.78 is 4.72. The lowest BCUT2D eigenvalue weighted by molar-refractivity contribution is 0.101. The minimum absolute atomic E-state index is 0.0223. The summed E-state index contributed by atoms with van der Waals surface area (Å²) in [5.41, 5.74) is 1.67. The number of ketones is 2. The van der Waals surface area contributed by atoms with Crippen molar-refractivity contribution in [3.63, 3.8) is 0 Å². The van der Waals surface area contributed by atoms with E-state index in [1.807, 2.05) is 0 Å². The summed E-state index contributed by atoms with van der Waals surface area (Å²) >= 11 is 26.3. The maximum Gasteiger partial charge on any atom is 0.215 e. The second-order valence-electron chi connectivity index (χ2n) is 14.0. The van der Waals surface area contributed by atoms with E-state index in [4.69, 9.17) is 46.4 Å². The van der Waals surface area contributed by atoms with Gasteiger partial charge in [0, 0.05) is 24.2 Å². The van der Waals surface area contributed by atoms with Crippen LogP contribution in [0.4, 0.5) is 0 Å². The van der Waals surface area contributed by atoms with Gasteiger partial charge in [-0.05, 0) is 43.2 Å². The van der Waals surface area contributed by atoms with Crippen LogP contribution in [-0.2, 0) is 13.1 Å². The Labute approximate surface area is 350 Å². The first-order valence-corrected chi connectivity index (χ1v) is 20.7. The minimum atomic E-state index is -0.699. The Hall–Kier alpha value is -4.62. The molecule has 57 heavy (non-hydrogen) atoms. The van der Waals surface area contributed by atoms with Crippen molar-refractivity contribution in [3.8, 4) is 39.7 Å². The zero-order chi connectivity index (χ0) is 40.6. The standard InChI is InChI=1S/C41H44Cl4N8O4/c1-3-5-7-9-11-13-19-52-24-31(48-50-52)26-15-17-28(34(55)21-26)39(57)36-37(35(43)40(44)46-36)53-32(22-29(42)41(53)45)38(56)27-16-14-25(20-33(27)54)30-23-51(49-47-30)18-12-10-8-6-4-2/h14-17,20-24,46,54-55H,3-13,18-19H2,1-2H3. The zero-order valence-electron chi connectivity index (χ0n) is 31.7. The van der Waals surface area contributed by atoms with Gasteiger partial charge in [0.1, 0.15) is 43.9 Å². The largest absolute Gasteiger partial charge is 0.507 e. The quantitative estimate of drug-likeness (QED) is 0.0506. The van der Waals surface area contributed by atoms with Crippen molar-refractivity contribution in [1.82, 2.24) is 39.5 Å². The van der Waals surface area contributed by atoms with Gasteiger partial charge in [-0.25, -0.2) is 0 Å². The number of hydrogen-bond donors (Lipinski definition) is 3. The molecule has 300 valence electrons. The Balaban J connectivity index is 1.23. The molecule has 0 unspecified atom stereocenters. The molecule has 12 nitrogen and oxygen atoms in total. The van der Waals surface area contributed by atoms with Gasteiger partial charge in [-0.1, -0.05) is 141 Å². The summed E-state index contributed by atoms with van der Waals surface area (Å²) in [5, 5.41) is 38.8. The van der Waals surface area contributed by atoms with E-state index in [-0.39, 0.29) is 60.1 Å². The smallest absolute Gasteiger partial charge is 0.215 e. The molecule has 4 heterocycles. The zero-order valence-corrected chi connectivity index (χ0v) is 34.8. The molecule has 6 rings (SSSR count). The molecule has 0 saturated heterocycles. The predicted octanol–water partition coefficient (Wildman–Crippen LogP) is 11.1. The highest BCUT2D eigenvalue weighted by Crippen LogP contribution is 2.41. The van der Waals surface area contributed by atoms with Crippen molar-refractivity contribution in [2.45, 2.75) is 97.6 Å². The molecular formula is C41H44Cl4N8O4. The molecule has 0 aliphatic rings. The lowest BCUT2D eigenvalue weighted by Gasteiger charge is -2.13. The number of hydrogen-bond acceptors (Lipinski definition) is 8. The number of aromatic amines is 1. The Morgan fingerprint density at radius 3 is 1.67 bits per heavy atom. The molecule has 4 aromatic heterocycles. The minimum Gasteiger partial charge on any atom is -0.507 e. The SMILES string of the molecule is CCCCCCCCn1cc(-c2ccc(C(=O)c3[nH]c(Cl)c(Cl)c3-n3c(C(=O)c4ccc(-c5cn(CCCCCCC)nn5)cc4O)cc(Cl)c3Cl)c(O)c2)nn1. The van der Waals surface area contributed by atoms with E-state index < -0.39 is 11.6 Å². The van der Waals surface area contributed by atoms with Crippen molar-refractivity contribution < 1.29 is 19.8 Å². The molecule has 16 heteroatoms. The average molecular weight is 855 g/mol.